The molecule has 0 bridgehead atoms. The van der Waals surface area contributed by atoms with Crippen LogP contribution in [-0.4, -0.2) is 43.9 Å². The summed E-state index contributed by atoms with van der Waals surface area (Å²) in [5.74, 6) is -0.873. The highest BCUT2D eigenvalue weighted by atomic mass is 19.1. The SMILES string of the molecule is CN1CCC(N(C)c2cc(F)cc(CC(=O)c3ccc(F)cc3)c2)CC1. The Labute approximate surface area is 153 Å². The van der Waals surface area contributed by atoms with Crippen molar-refractivity contribution in [3.8, 4) is 0 Å². The average molecular weight is 358 g/mol. The maximum absolute atomic E-state index is 14.1. The first-order valence-corrected chi connectivity index (χ1v) is 8.92. The van der Waals surface area contributed by atoms with E-state index in [-0.39, 0.29) is 23.8 Å². The van der Waals surface area contributed by atoms with Crippen molar-refractivity contribution in [1.82, 2.24) is 4.90 Å². The number of piperidine rings is 1. The van der Waals surface area contributed by atoms with Gasteiger partial charge in [0.25, 0.3) is 0 Å². The molecular formula is C21H24F2N2O. The Hall–Kier alpha value is -2.27. The number of halogens is 2. The number of hydrogen-bond acceptors (Lipinski definition) is 3. The highest BCUT2D eigenvalue weighted by Gasteiger charge is 2.21. The van der Waals surface area contributed by atoms with Crippen LogP contribution >= 0.6 is 0 Å². The Balaban J connectivity index is 1.74. The largest absolute Gasteiger partial charge is 0.371 e. The van der Waals surface area contributed by atoms with E-state index < -0.39 is 0 Å². The van der Waals surface area contributed by atoms with Gasteiger partial charge in [0.2, 0.25) is 0 Å². The van der Waals surface area contributed by atoms with Crippen LogP contribution in [0.15, 0.2) is 42.5 Å². The summed E-state index contributed by atoms with van der Waals surface area (Å²) in [4.78, 5) is 16.8. The lowest BCUT2D eigenvalue weighted by molar-refractivity contribution is 0.0993. The minimum atomic E-state index is -0.380. The first-order valence-electron chi connectivity index (χ1n) is 8.92. The maximum atomic E-state index is 14.1. The number of nitrogens with zero attached hydrogens (tertiary/aromatic N) is 2. The highest BCUT2D eigenvalue weighted by molar-refractivity contribution is 5.97. The van der Waals surface area contributed by atoms with E-state index in [1.807, 2.05) is 13.1 Å². The smallest absolute Gasteiger partial charge is 0.167 e. The zero-order valence-corrected chi connectivity index (χ0v) is 15.2. The summed E-state index contributed by atoms with van der Waals surface area (Å²) < 4.78 is 27.1. The number of likely N-dealkylation sites (tertiary alicyclic amines) is 1. The van der Waals surface area contributed by atoms with Gasteiger partial charge in [0.1, 0.15) is 11.6 Å². The van der Waals surface area contributed by atoms with Gasteiger partial charge in [-0.25, -0.2) is 8.78 Å². The van der Waals surface area contributed by atoms with Crippen LogP contribution in [0.2, 0.25) is 0 Å². The molecule has 1 aliphatic rings. The molecule has 0 aliphatic carbocycles. The van der Waals surface area contributed by atoms with Crippen LogP contribution in [0.4, 0.5) is 14.5 Å². The van der Waals surface area contributed by atoms with Crippen LogP contribution < -0.4 is 4.90 Å². The molecule has 0 aromatic heterocycles. The molecule has 1 aliphatic heterocycles. The number of carbonyl (C=O) groups is 1. The summed E-state index contributed by atoms with van der Waals surface area (Å²) in [5, 5.41) is 0. The molecule has 2 aromatic rings. The van der Waals surface area contributed by atoms with Gasteiger partial charge in [0.15, 0.2) is 5.78 Å². The van der Waals surface area contributed by atoms with Gasteiger partial charge in [-0.15, -0.1) is 0 Å². The fraction of sp³-hybridized carbons (Fsp3) is 0.381. The Morgan fingerprint density at radius 3 is 2.38 bits per heavy atom. The van der Waals surface area contributed by atoms with Gasteiger partial charge in [-0.05, 0) is 81.0 Å². The first-order chi connectivity index (χ1) is 12.4. The van der Waals surface area contributed by atoms with Gasteiger partial charge in [-0.1, -0.05) is 0 Å². The molecule has 26 heavy (non-hydrogen) atoms. The second-order valence-corrected chi connectivity index (χ2v) is 7.07. The van der Waals surface area contributed by atoms with Gasteiger partial charge in [0.05, 0.1) is 0 Å². The molecule has 5 heteroatoms. The Bertz CT molecular complexity index is 768. The fourth-order valence-electron chi connectivity index (χ4n) is 3.46. The van der Waals surface area contributed by atoms with Crippen molar-refractivity contribution in [2.24, 2.45) is 0 Å². The minimum Gasteiger partial charge on any atom is -0.371 e. The molecule has 0 amide bonds. The second kappa shape index (κ2) is 7.96. The third kappa shape index (κ3) is 4.47. The summed E-state index contributed by atoms with van der Waals surface area (Å²) >= 11 is 0. The number of Topliss-reactive ketones (excluding diaryl/α,β-unsaturated/α-hetero) is 1. The third-order valence-corrected chi connectivity index (χ3v) is 5.12. The number of anilines is 1. The van der Waals surface area contributed by atoms with Gasteiger partial charge >= 0.3 is 0 Å². The van der Waals surface area contributed by atoms with Crippen LogP contribution in [0.25, 0.3) is 0 Å². The molecule has 0 radical (unpaired) electrons. The number of rotatable bonds is 5. The average Bonchev–Trinajstić information content (AvgIpc) is 2.61. The highest BCUT2D eigenvalue weighted by Crippen LogP contribution is 2.24. The van der Waals surface area contributed by atoms with Crippen molar-refractivity contribution < 1.29 is 13.6 Å². The third-order valence-electron chi connectivity index (χ3n) is 5.12. The van der Waals surface area contributed by atoms with Crippen LogP contribution in [0, 0.1) is 11.6 Å². The minimum absolute atomic E-state index is 0.0949. The zero-order valence-electron chi connectivity index (χ0n) is 15.2. The molecule has 2 aromatic carbocycles. The Kier molecular flexibility index (Phi) is 5.67. The van der Waals surface area contributed by atoms with Gasteiger partial charge in [-0.3, -0.25) is 4.79 Å². The van der Waals surface area contributed by atoms with E-state index in [1.54, 1.807) is 0 Å². The summed E-state index contributed by atoms with van der Waals surface area (Å²) in [6.45, 7) is 2.06. The van der Waals surface area contributed by atoms with E-state index >= 15 is 0 Å². The predicted molar refractivity (Wildman–Crippen MR) is 99.8 cm³/mol. The van der Waals surface area contributed by atoms with Gasteiger partial charge in [0, 0.05) is 30.8 Å². The van der Waals surface area contributed by atoms with Crippen LogP contribution in [0.1, 0.15) is 28.8 Å². The Morgan fingerprint density at radius 2 is 1.73 bits per heavy atom. The zero-order chi connectivity index (χ0) is 18.7. The molecule has 138 valence electrons. The molecule has 0 saturated carbocycles. The summed E-state index contributed by atoms with van der Waals surface area (Å²) in [5.41, 5.74) is 1.86. The van der Waals surface area contributed by atoms with E-state index in [2.05, 4.69) is 16.8 Å². The topological polar surface area (TPSA) is 23.6 Å². The van der Waals surface area contributed by atoms with Crippen molar-refractivity contribution in [3.63, 3.8) is 0 Å². The van der Waals surface area contributed by atoms with E-state index in [1.165, 1.54) is 36.4 Å². The van der Waals surface area contributed by atoms with E-state index in [0.717, 1.165) is 31.6 Å². The molecule has 1 saturated heterocycles. The lowest BCUT2D eigenvalue weighted by atomic mass is 10.0. The molecule has 1 heterocycles. The van der Waals surface area contributed by atoms with Crippen molar-refractivity contribution in [2.45, 2.75) is 25.3 Å². The number of carbonyl (C=O) groups excluding carboxylic acids is 1. The monoisotopic (exact) mass is 358 g/mol. The van der Waals surface area contributed by atoms with Crippen LogP contribution in [0.3, 0.4) is 0 Å². The molecule has 3 rings (SSSR count). The predicted octanol–water partition coefficient (Wildman–Crippen LogP) is 3.92. The van der Waals surface area contributed by atoms with Crippen molar-refractivity contribution >= 4 is 11.5 Å². The molecular weight excluding hydrogens is 334 g/mol. The molecule has 0 N–H and O–H groups in total. The van der Waals surface area contributed by atoms with Crippen molar-refractivity contribution in [1.29, 1.82) is 0 Å². The summed E-state index contributed by atoms with van der Waals surface area (Å²) in [6, 6.07) is 10.6. The molecule has 0 atom stereocenters. The molecule has 1 fully saturated rings. The fourth-order valence-corrected chi connectivity index (χ4v) is 3.46. The normalized spacial score (nSPS) is 15.8. The van der Waals surface area contributed by atoms with Crippen LogP contribution in [-0.2, 0) is 6.42 Å². The van der Waals surface area contributed by atoms with Crippen LogP contribution in [0.5, 0.6) is 0 Å². The van der Waals surface area contributed by atoms with Gasteiger partial charge < -0.3 is 9.80 Å². The summed E-state index contributed by atoms with van der Waals surface area (Å²) in [6.07, 6.45) is 2.17. The number of ketones is 1. The molecule has 0 unspecified atom stereocenters. The summed E-state index contributed by atoms with van der Waals surface area (Å²) in [7, 11) is 4.09. The maximum Gasteiger partial charge on any atom is 0.167 e. The Morgan fingerprint density at radius 1 is 1.08 bits per heavy atom. The van der Waals surface area contributed by atoms with Gasteiger partial charge in [-0.2, -0.15) is 0 Å². The number of benzene rings is 2. The van der Waals surface area contributed by atoms with E-state index in [4.69, 9.17) is 0 Å². The molecule has 3 nitrogen and oxygen atoms in total. The second-order valence-electron chi connectivity index (χ2n) is 7.07. The molecule has 0 spiro atoms. The quantitative estimate of drug-likeness (QED) is 0.757. The van der Waals surface area contributed by atoms with Crippen molar-refractivity contribution in [3.05, 3.63) is 65.2 Å². The first kappa shape index (κ1) is 18.5. The van der Waals surface area contributed by atoms with E-state index in [0.29, 0.717) is 17.2 Å². The number of hydrogen-bond donors (Lipinski definition) is 0. The lowest BCUT2D eigenvalue weighted by Gasteiger charge is -2.36. The standard InChI is InChI=1S/C21H24F2N2O/c1-24-9-7-19(8-10-24)25(2)20-12-15(11-18(23)14-20)13-21(26)16-3-5-17(22)6-4-16/h3-6,11-12,14,19H,7-10,13H2,1-2H3. The lowest BCUT2D eigenvalue weighted by Crippen LogP contribution is -2.42. The van der Waals surface area contributed by atoms with Crippen molar-refractivity contribution in [2.75, 3.05) is 32.1 Å². The van der Waals surface area contributed by atoms with E-state index in [9.17, 15) is 13.6 Å².